The van der Waals surface area contributed by atoms with E-state index in [9.17, 15) is 24.5 Å². The van der Waals surface area contributed by atoms with Crippen LogP contribution >= 0.6 is 7.82 Å². The van der Waals surface area contributed by atoms with Gasteiger partial charge >= 0.3 is 13.8 Å². The normalized spacial score (nSPS) is 15.1. The minimum atomic E-state index is -4.30. The number of ether oxygens (including phenoxy) is 2. The van der Waals surface area contributed by atoms with Gasteiger partial charge in [0.2, 0.25) is 0 Å². The summed E-state index contributed by atoms with van der Waals surface area (Å²) in [6.07, 6.45) is 1.27. The van der Waals surface area contributed by atoms with E-state index in [1.165, 1.54) is 25.3 Å². The zero-order valence-electron chi connectivity index (χ0n) is 17.0. The smallest absolute Gasteiger partial charge is 0.472 e. The van der Waals surface area contributed by atoms with Crippen LogP contribution in [0.5, 0.6) is 11.5 Å². The summed E-state index contributed by atoms with van der Waals surface area (Å²) in [5, 5.41) is 19.3. The number of rotatable bonds is 12. The molecule has 1 unspecified atom stereocenters. The van der Waals surface area contributed by atoms with E-state index in [2.05, 4.69) is 4.52 Å². The zero-order valence-corrected chi connectivity index (χ0v) is 17.9. The van der Waals surface area contributed by atoms with Crippen molar-refractivity contribution in [1.82, 2.24) is 0 Å². The Kier molecular flexibility index (Phi) is 9.78. The van der Waals surface area contributed by atoms with Crippen molar-refractivity contribution in [1.29, 1.82) is 0 Å². The Balaban J connectivity index is 2.37. The summed E-state index contributed by atoms with van der Waals surface area (Å²) in [5.74, 6) is -0.509. The Morgan fingerprint density at radius 3 is 2.55 bits per heavy atom. The highest BCUT2D eigenvalue weighted by molar-refractivity contribution is 7.47. The number of benzene rings is 1. The number of likely N-dealkylation sites (N-methyl/N-ethyl adjacent to an activating group) is 1. The second-order valence-corrected chi connectivity index (χ2v) is 8.61. The SMILES string of the molecule is COc1cc(C=CC(=O)OC[C@@H](O)COP(=O)(O)OCC[N+](C)(C)C)ccc1O. The molecule has 0 spiro atoms. The summed E-state index contributed by atoms with van der Waals surface area (Å²) < 4.78 is 31.6. The summed E-state index contributed by atoms with van der Waals surface area (Å²) in [5.41, 5.74) is 0.590. The molecule has 164 valence electrons. The summed E-state index contributed by atoms with van der Waals surface area (Å²) >= 11 is 0. The van der Waals surface area contributed by atoms with E-state index < -0.39 is 33.1 Å². The molecule has 0 aliphatic heterocycles. The van der Waals surface area contributed by atoms with Gasteiger partial charge in [-0.15, -0.1) is 0 Å². The molecular formula is C18H29NO9P+. The molecule has 1 aromatic rings. The van der Waals surface area contributed by atoms with Crippen molar-refractivity contribution in [3.05, 3.63) is 29.8 Å². The van der Waals surface area contributed by atoms with E-state index in [0.29, 0.717) is 16.6 Å². The molecule has 1 rings (SSSR count). The van der Waals surface area contributed by atoms with E-state index >= 15 is 0 Å². The molecule has 0 saturated heterocycles. The molecular weight excluding hydrogens is 405 g/mol. The van der Waals surface area contributed by atoms with Gasteiger partial charge in [0, 0.05) is 6.08 Å². The highest BCUT2D eigenvalue weighted by Crippen LogP contribution is 2.43. The average Bonchev–Trinajstić information content (AvgIpc) is 2.62. The standard InChI is InChI=1S/C18H28NO9P/c1-19(2,3)9-10-27-29(23,24)28-13-15(20)12-26-18(22)8-6-14-5-7-16(21)17(11-14)25-4/h5-8,11,15,20H,9-10,12-13H2,1-4H3,(H-,21,22,23,24)/p+1/t15-/m1/s1. The third-order valence-corrected chi connectivity index (χ3v) is 4.46. The van der Waals surface area contributed by atoms with E-state index in [-0.39, 0.29) is 18.1 Å². The van der Waals surface area contributed by atoms with Crippen LogP contribution in [0.4, 0.5) is 0 Å². The molecule has 0 aliphatic carbocycles. The Labute approximate surface area is 170 Å². The van der Waals surface area contributed by atoms with Gasteiger partial charge in [-0.2, -0.15) is 0 Å². The van der Waals surface area contributed by atoms with E-state index in [4.69, 9.17) is 14.0 Å². The molecule has 10 nitrogen and oxygen atoms in total. The second-order valence-electron chi connectivity index (χ2n) is 7.16. The van der Waals surface area contributed by atoms with Crippen LogP contribution in [0, 0.1) is 0 Å². The fourth-order valence-corrected chi connectivity index (χ4v) is 2.63. The molecule has 0 aliphatic rings. The van der Waals surface area contributed by atoms with Gasteiger partial charge in [0.1, 0.15) is 25.9 Å². The van der Waals surface area contributed by atoms with Crippen LogP contribution < -0.4 is 4.74 Å². The van der Waals surface area contributed by atoms with E-state index in [1.807, 2.05) is 21.1 Å². The Bertz CT molecular complexity index is 745. The van der Waals surface area contributed by atoms with Gasteiger partial charge in [-0.1, -0.05) is 6.07 Å². The maximum atomic E-state index is 11.7. The van der Waals surface area contributed by atoms with Gasteiger partial charge in [-0.25, -0.2) is 9.36 Å². The average molecular weight is 434 g/mol. The largest absolute Gasteiger partial charge is 0.504 e. The number of hydrogen-bond donors (Lipinski definition) is 3. The van der Waals surface area contributed by atoms with Crippen LogP contribution in [0.2, 0.25) is 0 Å². The Morgan fingerprint density at radius 2 is 1.93 bits per heavy atom. The van der Waals surface area contributed by atoms with Gasteiger partial charge in [0.05, 0.1) is 34.9 Å². The van der Waals surface area contributed by atoms with Crippen molar-refractivity contribution in [2.24, 2.45) is 0 Å². The third kappa shape index (κ3) is 11.0. The molecule has 1 aromatic carbocycles. The molecule has 29 heavy (non-hydrogen) atoms. The van der Waals surface area contributed by atoms with Crippen molar-refractivity contribution in [2.75, 3.05) is 54.6 Å². The molecule has 0 bridgehead atoms. The van der Waals surface area contributed by atoms with Gasteiger partial charge < -0.3 is 29.1 Å². The lowest BCUT2D eigenvalue weighted by Crippen LogP contribution is -2.37. The van der Waals surface area contributed by atoms with Crippen LogP contribution in [-0.4, -0.2) is 86.3 Å². The zero-order chi connectivity index (χ0) is 22.1. The van der Waals surface area contributed by atoms with Crippen LogP contribution in [0.15, 0.2) is 24.3 Å². The van der Waals surface area contributed by atoms with E-state index in [0.717, 1.165) is 6.08 Å². The highest BCUT2D eigenvalue weighted by Gasteiger charge is 2.24. The number of phosphoric acid groups is 1. The molecule has 0 aromatic heterocycles. The number of aromatic hydroxyl groups is 1. The number of methoxy groups -OCH3 is 1. The number of carbonyl (C=O) groups excluding carboxylic acids is 1. The molecule has 0 radical (unpaired) electrons. The Morgan fingerprint density at radius 1 is 1.24 bits per heavy atom. The number of aliphatic hydroxyl groups excluding tert-OH is 1. The molecule has 11 heteroatoms. The Hall–Kier alpha value is -1.94. The first-order valence-corrected chi connectivity index (χ1v) is 10.2. The lowest BCUT2D eigenvalue weighted by atomic mass is 10.2. The number of nitrogens with zero attached hydrogens (tertiary/aromatic N) is 1. The van der Waals surface area contributed by atoms with E-state index in [1.54, 1.807) is 6.07 Å². The fourth-order valence-electron chi connectivity index (χ4n) is 1.88. The lowest BCUT2D eigenvalue weighted by molar-refractivity contribution is -0.870. The predicted octanol–water partition coefficient (Wildman–Crippen LogP) is 1.16. The number of carbonyl (C=O) groups is 1. The molecule has 0 heterocycles. The quantitative estimate of drug-likeness (QED) is 0.192. The number of phosphoric ester groups is 1. The first kappa shape index (κ1) is 25.1. The molecule has 0 fully saturated rings. The van der Waals surface area contributed by atoms with Gasteiger partial charge in [0.15, 0.2) is 11.5 Å². The molecule has 3 N–H and O–H groups in total. The van der Waals surface area contributed by atoms with Crippen LogP contribution in [-0.2, 0) is 23.1 Å². The molecule has 0 saturated carbocycles. The first-order chi connectivity index (χ1) is 13.4. The second kappa shape index (κ2) is 11.3. The maximum Gasteiger partial charge on any atom is 0.472 e. The minimum absolute atomic E-state index is 0.00913. The molecule has 2 atom stereocenters. The first-order valence-electron chi connectivity index (χ1n) is 8.74. The van der Waals surface area contributed by atoms with Crippen molar-refractivity contribution in [3.8, 4) is 11.5 Å². The number of quaternary nitrogens is 1. The summed E-state index contributed by atoms with van der Waals surface area (Å²) in [4.78, 5) is 21.3. The van der Waals surface area contributed by atoms with Crippen LogP contribution in [0.3, 0.4) is 0 Å². The minimum Gasteiger partial charge on any atom is -0.504 e. The van der Waals surface area contributed by atoms with Crippen LogP contribution in [0.1, 0.15) is 5.56 Å². The maximum absolute atomic E-state index is 11.7. The number of aliphatic hydroxyl groups is 1. The fraction of sp³-hybridized carbons (Fsp3) is 0.500. The summed E-state index contributed by atoms with van der Waals surface area (Å²) in [7, 11) is 2.80. The van der Waals surface area contributed by atoms with Gasteiger partial charge in [-0.3, -0.25) is 9.05 Å². The monoisotopic (exact) mass is 434 g/mol. The van der Waals surface area contributed by atoms with Gasteiger partial charge in [-0.05, 0) is 23.8 Å². The number of hydrogen-bond acceptors (Lipinski definition) is 8. The number of esters is 1. The van der Waals surface area contributed by atoms with Crippen molar-refractivity contribution < 1.29 is 47.5 Å². The van der Waals surface area contributed by atoms with Crippen molar-refractivity contribution in [3.63, 3.8) is 0 Å². The highest BCUT2D eigenvalue weighted by atomic mass is 31.2. The summed E-state index contributed by atoms with van der Waals surface area (Å²) in [6.45, 7) is -0.465. The topological polar surface area (TPSA) is 132 Å². The van der Waals surface area contributed by atoms with Gasteiger partial charge in [0.25, 0.3) is 0 Å². The third-order valence-electron chi connectivity index (χ3n) is 3.48. The van der Waals surface area contributed by atoms with Crippen molar-refractivity contribution >= 4 is 19.9 Å². The summed E-state index contributed by atoms with van der Waals surface area (Å²) in [6, 6.07) is 4.52. The predicted molar refractivity (Wildman–Crippen MR) is 105 cm³/mol. The van der Waals surface area contributed by atoms with Crippen LogP contribution in [0.25, 0.3) is 6.08 Å². The van der Waals surface area contributed by atoms with Crippen molar-refractivity contribution in [2.45, 2.75) is 6.10 Å². The lowest BCUT2D eigenvalue weighted by Gasteiger charge is -2.24. The molecule has 0 amide bonds. The number of phenols is 1. The number of phenolic OH excluding ortho intramolecular Hbond substituents is 1.